The van der Waals surface area contributed by atoms with Crippen LogP contribution in [0.1, 0.15) is 60.6 Å². The van der Waals surface area contributed by atoms with Gasteiger partial charge in [0.1, 0.15) is 0 Å². The average Bonchev–Trinajstić information content (AvgIpc) is 3.08. The number of amides is 1. The van der Waals surface area contributed by atoms with Crippen LogP contribution in [0, 0.1) is 13.8 Å². The van der Waals surface area contributed by atoms with E-state index in [4.69, 9.17) is 4.74 Å². The summed E-state index contributed by atoms with van der Waals surface area (Å²) in [5.41, 5.74) is 4.64. The van der Waals surface area contributed by atoms with Gasteiger partial charge >= 0.3 is 0 Å². The molecule has 0 bridgehead atoms. The third-order valence-electron chi connectivity index (χ3n) is 6.80. The van der Waals surface area contributed by atoms with Crippen molar-refractivity contribution in [3.63, 3.8) is 0 Å². The summed E-state index contributed by atoms with van der Waals surface area (Å²) in [6.07, 6.45) is 5.56. The van der Waals surface area contributed by atoms with E-state index in [2.05, 4.69) is 39.2 Å². The summed E-state index contributed by atoms with van der Waals surface area (Å²) in [6.45, 7) is 11.3. The third kappa shape index (κ3) is 3.95. The molecule has 0 saturated carbocycles. The number of phenolic OH excluding ortho intramolecular Hbond substituents is 1. The highest BCUT2D eigenvalue weighted by atomic mass is 79.9. The molecule has 1 aromatic carbocycles. The first-order chi connectivity index (χ1) is 15.0. The minimum atomic E-state index is 0.0560. The predicted octanol–water partition coefficient (Wildman–Crippen LogP) is 4.99. The van der Waals surface area contributed by atoms with Gasteiger partial charge < -0.3 is 24.2 Å². The number of benzene rings is 1. The topological polar surface area (TPSA) is 57.9 Å². The number of anilines is 1. The van der Waals surface area contributed by atoms with Crippen molar-refractivity contribution in [1.29, 1.82) is 0 Å². The Kier molecular flexibility index (Phi) is 6.82. The van der Waals surface area contributed by atoms with Crippen molar-refractivity contribution in [3.8, 4) is 5.75 Å². The number of carbonyl (C=O) groups is 1. The van der Waals surface area contributed by atoms with Crippen molar-refractivity contribution in [2.75, 3.05) is 44.3 Å². The number of ether oxygens (including phenoxy) is 1. The van der Waals surface area contributed by atoms with E-state index in [0.29, 0.717) is 26.3 Å². The summed E-state index contributed by atoms with van der Waals surface area (Å²) in [5, 5.41) is 12.2. The number of morpholine rings is 1. The zero-order chi connectivity index (χ0) is 22.1. The van der Waals surface area contributed by atoms with Gasteiger partial charge in [0.15, 0.2) is 5.75 Å². The molecule has 4 rings (SSSR count). The second-order valence-corrected chi connectivity index (χ2v) is 9.57. The summed E-state index contributed by atoms with van der Waals surface area (Å²) >= 11 is 3.67. The molecular formula is C24H34BrN3O3. The Morgan fingerprint density at radius 1 is 1.10 bits per heavy atom. The first kappa shape index (κ1) is 22.5. The van der Waals surface area contributed by atoms with E-state index in [0.717, 1.165) is 83.2 Å². The molecule has 6 nitrogen and oxygen atoms in total. The molecule has 0 aliphatic carbocycles. The van der Waals surface area contributed by atoms with Gasteiger partial charge in [-0.1, -0.05) is 13.3 Å². The van der Waals surface area contributed by atoms with Crippen molar-refractivity contribution in [2.24, 2.45) is 0 Å². The van der Waals surface area contributed by atoms with E-state index in [-0.39, 0.29) is 11.7 Å². The number of fused-ring (bicyclic) bond motifs is 1. The number of piperidine rings is 1. The fourth-order valence-electron chi connectivity index (χ4n) is 5.07. The highest BCUT2D eigenvalue weighted by Crippen LogP contribution is 2.48. The van der Waals surface area contributed by atoms with E-state index in [1.165, 1.54) is 6.42 Å². The monoisotopic (exact) mass is 491 g/mol. The van der Waals surface area contributed by atoms with Crippen molar-refractivity contribution in [2.45, 2.75) is 59.4 Å². The molecule has 7 heteroatoms. The van der Waals surface area contributed by atoms with Crippen LogP contribution in [0.3, 0.4) is 0 Å². The lowest BCUT2D eigenvalue weighted by atomic mass is 10.0. The molecule has 1 N–H and O–H groups in total. The number of carbonyl (C=O) groups excluding carboxylic acids is 1. The highest BCUT2D eigenvalue weighted by molar-refractivity contribution is 9.10. The summed E-state index contributed by atoms with van der Waals surface area (Å²) in [5.74, 6) is 0.316. The maximum absolute atomic E-state index is 13.8. The molecule has 0 unspecified atom stereocenters. The molecule has 1 aromatic heterocycles. The number of unbranched alkanes of at least 4 members (excludes halogenated alkanes) is 1. The van der Waals surface area contributed by atoms with Gasteiger partial charge in [-0.15, -0.1) is 0 Å². The Labute approximate surface area is 193 Å². The highest BCUT2D eigenvalue weighted by Gasteiger charge is 2.32. The largest absolute Gasteiger partial charge is 0.505 e. The molecule has 3 heterocycles. The molecular weight excluding hydrogens is 458 g/mol. The zero-order valence-electron chi connectivity index (χ0n) is 19.0. The van der Waals surface area contributed by atoms with Gasteiger partial charge in [0.2, 0.25) is 0 Å². The van der Waals surface area contributed by atoms with E-state index in [9.17, 15) is 9.90 Å². The number of halogens is 1. The van der Waals surface area contributed by atoms with Crippen LogP contribution in [-0.2, 0) is 11.3 Å². The van der Waals surface area contributed by atoms with Gasteiger partial charge in [0.05, 0.1) is 34.5 Å². The second kappa shape index (κ2) is 9.41. The van der Waals surface area contributed by atoms with Crippen LogP contribution in [0.4, 0.5) is 5.69 Å². The normalized spacial score (nSPS) is 17.5. The van der Waals surface area contributed by atoms with Gasteiger partial charge in [0.25, 0.3) is 5.91 Å². The number of rotatable bonds is 5. The molecule has 31 heavy (non-hydrogen) atoms. The third-order valence-corrected chi connectivity index (χ3v) is 7.77. The SMILES string of the molecule is CCCCn1c(C)c(C(=O)N2CCOCC2)c2c(N3CCCCC3)c(O)c(Br)c(C)c21. The number of phenols is 1. The number of aryl methyl sites for hydroxylation is 2. The maximum Gasteiger partial charge on any atom is 0.256 e. The standard InChI is InChI=1S/C24H34BrN3O3/c1-4-5-11-28-17(3)18(24(30)27-12-14-31-15-13-27)19-21(28)16(2)20(25)23(29)22(19)26-9-7-6-8-10-26/h29H,4-15H2,1-3H3. The van der Waals surface area contributed by atoms with Gasteiger partial charge in [-0.05, 0) is 61.0 Å². The number of aromatic nitrogens is 1. The first-order valence-corrected chi connectivity index (χ1v) is 12.4. The van der Waals surface area contributed by atoms with Crippen molar-refractivity contribution in [3.05, 3.63) is 21.3 Å². The van der Waals surface area contributed by atoms with Crippen molar-refractivity contribution < 1.29 is 14.6 Å². The molecule has 2 fully saturated rings. The Morgan fingerprint density at radius 3 is 2.42 bits per heavy atom. The van der Waals surface area contributed by atoms with Crippen molar-refractivity contribution >= 4 is 38.4 Å². The lowest BCUT2D eigenvalue weighted by Gasteiger charge is -2.32. The smallest absolute Gasteiger partial charge is 0.256 e. The van der Waals surface area contributed by atoms with E-state index in [1.807, 2.05) is 11.8 Å². The molecule has 1 amide bonds. The van der Waals surface area contributed by atoms with E-state index in [1.54, 1.807) is 0 Å². The van der Waals surface area contributed by atoms with Crippen molar-refractivity contribution in [1.82, 2.24) is 9.47 Å². The van der Waals surface area contributed by atoms with Gasteiger partial charge in [-0.25, -0.2) is 0 Å². The fraction of sp³-hybridized carbons (Fsp3) is 0.625. The summed E-state index contributed by atoms with van der Waals surface area (Å²) in [6, 6.07) is 0. The van der Waals surface area contributed by atoms with Crippen LogP contribution in [0.2, 0.25) is 0 Å². The molecule has 2 aromatic rings. The molecule has 2 aliphatic rings. The van der Waals surface area contributed by atoms with Crippen LogP contribution in [0.25, 0.3) is 10.9 Å². The molecule has 0 atom stereocenters. The summed E-state index contributed by atoms with van der Waals surface area (Å²) < 4.78 is 8.52. The lowest BCUT2D eigenvalue weighted by molar-refractivity contribution is 0.0303. The van der Waals surface area contributed by atoms with Gasteiger partial charge in [0, 0.05) is 43.8 Å². The summed E-state index contributed by atoms with van der Waals surface area (Å²) in [4.78, 5) is 18.0. The van der Waals surface area contributed by atoms with E-state index >= 15 is 0 Å². The van der Waals surface area contributed by atoms with Crippen LogP contribution < -0.4 is 4.90 Å². The first-order valence-electron chi connectivity index (χ1n) is 11.6. The second-order valence-electron chi connectivity index (χ2n) is 8.78. The fourth-order valence-corrected chi connectivity index (χ4v) is 5.44. The lowest BCUT2D eigenvalue weighted by Crippen LogP contribution is -2.41. The Balaban J connectivity index is 2.00. The minimum absolute atomic E-state index is 0.0560. The predicted molar refractivity (Wildman–Crippen MR) is 128 cm³/mol. The Bertz CT molecular complexity index is 973. The molecule has 0 spiro atoms. The Morgan fingerprint density at radius 2 is 1.77 bits per heavy atom. The Hall–Kier alpha value is -1.73. The van der Waals surface area contributed by atoms with Gasteiger partial charge in [-0.3, -0.25) is 4.79 Å². The summed E-state index contributed by atoms with van der Waals surface area (Å²) in [7, 11) is 0. The van der Waals surface area contributed by atoms with Crippen LogP contribution in [-0.4, -0.2) is 59.9 Å². The number of nitrogens with zero attached hydrogens (tertiary/aromatic N) is 3. The zero-order valence-corrected chi connectivity index (χ0v) is 20.6. The average molecular weight is 492 g/mol. The quantitative estimate of drug-likeness (QED) is 0.639. The molecule has 170 valence electrons. The molecule has 2 saturated heterocycles. The van der Waals surface area contributed by atoms with Crippen LogP contribution in [0.15, 0.2) is 4.47 Å². The number of hydrogen-bond donors (Lipinski definition) is 1. The molecule has 0 radical (unpaired) electrons. The number of hydrogen-bond acceptors (Lipinski definition) is 4. The van der Waals surface area contributed by atoms with Crippen LogP contribution >= 0.6 is 15.9 Å². The molecule has 2 aliphatic heterocycles. The van der Waals surface area contributed by atoms with Gasteiger partial charge in [-0.2, -0.15) is 0 Å². The van der Waals surface area contributed by atoms with Crippen LogP contribution in [0.5, 0.6) is 5.75 Å². The van der Waals surface area contributed by atoms with E-state index < -0.39 is 0 Å². The number of aromatic hydroxyl groups is 1. The maximum atomic E-state index is 13.8. The minimum Gasteiger partial charge on any atom is -0.505 e.